The molecule has 0 unspecified atom stereocenters. The molecule has 0 fully saturated rings. The minimum atomic E-state index is -0.472. The molecule has 1 N–H and O–H groups in total. The fourth-order valence-electron chi connectivity index (χ4n) is 2.08. The molecule has 2 aromatic rings. The number of benzene rings is 1. The van der Waals surface area contributed by atoms with Crippen LogP contribution in [0.4, 0.5) is 5.69 Å². The Bertz CT molecular complexity index is 709. The maximum atomic E-state index is 12.0. The van der Waals surface area contributed by atoms with Crippen molar-refractivity contribution < 1.29 is 18.9 Å². The molecule has 0 aliphatic heterocycles. The summed E-state index contributed by atoms with van der Waals surface area (Å²) in [5.74, 6) is 0.945. The lowest BCUT2D eigenvalue weighted by atomic mass is 10.3. The summed E-state index contributed by atoms with van der Waals surface area (Å²) in [4.78, 5) is 24.1. The standard InChI is InChI=1S/C17H21N3O5/c1-19(2)11-3-10-18-17(21)16-9-8-15(25-16)12-24-14-6-4-13(5-7-14)20(22)23/h4-9H,3,10-12H2,1-2H3,(H,18,21). The number of ether oxygens (including phenoxy) is 1. The molecule has 8 heteroatoms. The lowest BCUT2D eigenvalue weighted by molar-refractivity contribution is -0.384. The van der Waals surface area contributed by atoms with Crippen LogP contribution in [-0.2, 0) is 6.61 Å². The SMILES string of the molecule is CN(C)CCCNC(=O)c1ccc(COc2ccc([N+](=O)[O-])cc2)o1. The molecule has 0 atom stereocenters. The Kier molecular flexibility index (Phi) is 6.53. The highest BCUT2D eigenvalue weighted by Crippen LogP contribution is 2.19. The Morgan fingerprint density at radius 2 is 1.96 bits per heavy atom. The number of nitro groups is 1. The van der Waals surface area contributed by atoms with Gasteiger partial charge in [-0.1, -0.05) is 0 Å². The number of carbonyl (C=O) groups excluding carboxylic acids is 1. The van der Waals surface area contributed by atoms with Gasteiger partial charge in [-0.05, 0) is 51.3 Å². The van der Waals surface area contributed by atoms with Gasteiger partial charge in [0.05, 0.1) is 4.92 Å². The third-order valence-electron chi connectivity index (χ3n) is 3.38. The van der Waals surface area contributed by atoms with Gasteiger partial charge in [0, 0.05) is 18.7 Å². The molecule has 8 nitrogen and oxygen atoms in total. The summed E-state index contributed by atoms with van der Waals surface area (Å²) in [5.41, 5.74) is -0.00132. The summed E-state index contributed by atoms with van der Waals surface area (Å²) < 4.78 is 10.9. The van der Waals surface area contributed by atoms with E-state index in [-0.39, 0.29) is 24.0 Å². The Hall–Kier alpha value is -2.87. The molecule has 134 valence electrons. The zero-order valence-corrected chi connectivity index (χ0v) is 14.2. The second-order valence-electron chi connectivity index (χ2n) is 5.72. The van der Waals surface area contributed by atoms with Crippen molar-refractivity contribution in [2.24, 2.45) is 0 Å². The quantitative estimate of drug-likeness (QED) is 0.425. The average molecular weight is 347 g/mol. The van der Waals surface area contributed by atoms with E-state index in [1.54, 1.807) is 12.1 Å². The first-order valence-corrected chi connectivity index (χ1v) is 7.84. The lowest BCUT2D eigenvalue weighted by Crippen LogP contribution is -2.26. The van der Waals surface area contributed by atoms with Crippen LogP contribution in [0.25, 0.3) is 0 Å². The zero-order valence-electron chi connectivity index (χ0n) is 14.2. The molecule has 25 heavy (non-hydrogen) atoms. The summed E-state index contributed by atoms with van der Waals surface area (Å²) >= 11 is 0. The van der Waals surface area contributed by atoms with Crippen LogP contribution in [0.2, 0.25) is 0 Å². The minimum absolute atomic E-state index is 0.00132. The summed E-state index contributed by atoms with van der Waals surface area (Å²) in [6.45, 7) is 1.60. The molecule has 1 amide bonds. The van der Waals surface area contributed by atoms with Gasteiger partial charge in [0.2, 0.25) is 0 Å². The molecule has 1 aromatic heterocycles. The molecule has 2 rings (SSSR count). The van der Waals surface area contributed by atoms with E-state index in [4.69, 9.17) is 9.15 Å². The van der Waals surface area contributed by atoms with Crippen LogP contribution in [0.5, 0.6) is 5.75 Å². The number of non-ortho nitro benzene ring substituents is 1. The normalized spacial score (nSPS) is 10.7. The molecule has 1 heterocycles. The first-order chi connectivity index (χ1) is 12.0. The maximum Gasteiger partial charge on any atom is 0.286 e. The average Bonchev–Trinajstić information content (AvgIpc) is 3.06. The molecular formula is C17H21N3O5. The first-order valence-electron chi connectivity index (χ1n) is 7.84. The molecular weight excluding hydrogens is 326 g/mol. The predicted octanol–water partition coefficient (Wildman–Crippen LogP) is 2.45. The van der Waals surface area contributed by atoms with Gasteiger partial charge in [0.15, 0.2) is 5.76 Å². The number of nitrogens with zero attached hydrogens (tertiary/aromatic N) is 2. The largest absolute Gasteiger partial charge is 0.486 e. The third-order valence-corrected chi connectivity index (χ3v) is 3.38. The van der Waals surface area contributed by atoms with Crippen LogP contribution in [0, 0.1) is 10.1 Å². The summed E-state index contributed by atoms with van der Waals surface area (Å²) in [6, 6.07) is 9.02. The monoisotopic (exact) mass is 347 g/mol. The molecule has 1 aromatic carbocycles. The fraction of sp³-hybridized carbons (Fsp3) is 0.353. The van der Waals surface area contributed by atoms with E-state index in [1.165, 1.54) is 24.3 Å². The van der Waals surface area contributed by atoms with E-state index in [2.05, 4.69) is 5.32 Å². The van der Waals surface area contributed by atoms with E-state index in [0.717, 1.165) is 13.0 Å². The number of carbonyl (C=O) groups is 1. The van der Waals surface area contributed by atoms with E-state index in [1.807, 2.05) is 19.0 Å². The lowest BCUT2D eigenvalue weighted by Gasteiger charge is -2.09. The second-order valence-corrected chi connectivity index (χ2v) is 5.72. The molecule has 0 aliphatic carbocycles. The van der Waals surface area contributed by atoms with Crippen molar-refractivity contribution in [3.05, 3.63) is 58.0 Å². The molecule has 0 aliphatic rings. The van der Waals surface area contributed by atoms with E-state index < -0.39 is 4.92 Å². The number of rotatable bonds is 9. The molecule has 0 spiro atoms. The summed E-state index contributed by atoms with van der Waals surface area (Å²) in [6.07, 6.45) is 0.857. The predicted molar refractivity (Wildman–Crippen MR) is 91.6 cm³/mol. The van der Waals surface area contributed by atoms with Crippen molar-refractivity contribution in [3.63, 3.8) is 0 Å². The highest BCUT2D eigenvalue weighted by Gasteiger charge is 2.11. The zero-order chi connectivity index (χ0) is 18.2. The van der Waals surface area contributed by atoms with E-state index >= 15 is 0 Å². The van der Waals surface area contributed by atoms with Gasteiger partial charge in [-0.15, -0.1) is 0 Å². The molecule has 0 radical (unpaired) electrons. The van der Waals surface area contributed by atoms with Crippen LogP contribution in [0.3, 0.4) is 0 Å². The van der Waals surface area contributed by atoms with Gasteiger partial charge in [-0.2, -0.15) is 0 Å². The molecule has 0 saturated carbocycles. The van der Waals surface area contributed by atoms with Crippen LogP contribution >= 0.6 is 0 Å². The van der Waals surface area contributed by atoms with Gasteiger partial charge in [-0.25, -0.2) is 0 Å². The van der Waals surface area contributed by atoms with Crippen LogP contribution < -0.4 is 10.1 Å². The summed E-state index contributed by atoms with van der Waals surface area (Å²) in [5, 5.41) is 13.4. The summed E-state index contributed by atoms with van der Waals surface area (Å²) in [7, 11) is 3.96. The van der Waals surface area contributed by atoms with Gasteiger partial charge in [0.1, 0.15) is 18.1 Å². The third kappa shape index (κ3) is 5.92. The number of nitrogens with one attached hydrogen (secondary N) is 1. The fourth-order valence-corrected chi connectivity index (χ4v) is 2.08. The van der Waals surface area contributed by atoms with Crippen LogP contribution in [0.1, 0.15) is 22.7 Å². The van der Waals surface area contributed by atoms with Crippen molar-refractivity contribution in [2.75, 3.05) is 27.2 Å². The van der Waals surface area contributed by atoms with Gasteiger partial charge in [0.25, 0.3) is 11.6 Å². The van der Waals surface area contributed by atoms with Gasteiger partial charge in [-0.3, -0.25) is 14.9 Å². The van der Waals surface area contributed by atoms with Crippen LogP contribution in [-0.4, -0.2) is 42.9 Å². The van der Waals surface area contributed by atoms with E-state index in [9.17, 15) is 14.9 Å². The maximum absolute atomic E-state index is 12.0. The molecule has 0 saturated heterocycles. The Balaban J connectivity index is 1.80. The minimum Gasteiger partial charge on any atom is -0.486 e. The van der Waals surface area contributed by atoms with Crippen molar-refractivity contribution in [2.45, 2.75) is 13.0 Å². The van der Waals surface area contributed by atoms with Crippen molar-refractivity contribution in [1.29, 1.82) is 0 Å². The Morgan fingerprint density at radius 1 is 1.24 bits per heavy atom. The van der Waals surface area contributed by atoms with Crippen molar-refractivity contribution in [3.8, 4) is 5.75 Å². The number of furan rings is 1. The first kappa shape index (κ1) is 18.5. The number of nitro benzene ring substituents is 1. The topological polar surface area (TPSA) is 97.9 Å². The Labute approximate surface area is 145 Å². The number of amides is 1. The van der Waals surface area contributed by atoms with Crippen molar-refractivity contribution in [1.82, 2.24) is 10.2 Å². The number of hydrogen-bond acceptors (Lipinski definition) is 6. The van der Waals surface area contributed by atoms with Gasteiger partial charge < -0.3 is 19.4 Å². The Morgan fingerprint density at radius 3 is 2.60 bits per heavy atom. The van der Waals surface area contributed by atoms with Gasteiger partial charge >= 0.3 is 0 Å². The van der Waals surface area contributed by atoms with E-state index in [0.29, 0.717) is 18.1 Å². The van der Waals surface area contributed by atoms with Crippen molar-refractivity contribution >= 4 is 11.6 Å². The highest BCUT2D eigenvalue weighted by atomic mass is 16.6. The highest BCUT2D eigenvalue weighted by molar-refractivity contribution is 5.91. The number of hydrogen-bond donors (Lipinski definition) is 1. The second kappa shape index (κ2) is 8.84. The molecule has 0 bridgehead atoms. The smallest absolute Gasteiger partial charge is 0.286 e. The van der Waals surface area contributed by atoms with Crippen LogP contribution in [0.15, 0.2) is 40.8 Å².